The summed E-state index contributed by atoms with van der Waals surface area (Å²) in [5, 5.41) is 18.6. The lowest BCUT2D eigenvalue weighted by Gasteiger charge is -2.29. The van der Waals surface area contributed by atoms with Crippen LogP contribution in [0.3, 0.4) is 0 Å². The number of nitrogens with zero attached hydrogens (tertiary/aromatic N) is 2. The van der Waals surface area contributed by atoms with Gasteiger partial charge in [0.15, 0.2) is 5.69 Å². The first-order chi connectivity index (χ1) is 12.5. The van der Waals surface area contributed by atoms with Gasteiger partial charge in [-0.05, 0) is 31.4 Å². The van der Waals surface area contributed by atoms with Gasteiger partial charge in [0.05, 0.1) is 5.69 Å². The Kier molecular flexibility index (Phi) is 4.12. The Hall–Kier alpha value is -2.86. The first kappa shape index (κ1) is 16.6. The summed E-state index contributed by atoms with van der Waals surface area (Å²) in [6.07, 6.45) is 0.753. The minimum Gasteiger partial charge on any atom is -0.507 e. The molecule has 2 aromatic carbocycles. The molecule has 26 heavy (non-hydrogen) atoms. The molecular formula is C20H21N3O3. The van der Waals surface area contributed by atoms with E-state index < -0.39 is 0 Å². The molecule has 4 rings (SSSR count). The average Bonchev–Trinajstić information content (AvgIpc) is 3.05. The number of amides is 1. The minimum absolute atomic E-state index is 0.131. The van der Waals surface area contributed by atoms with E-state index in [0.717, 1.165) is 29.7 Å². The molecule has 0 aliphatic carbocycles. The zero-order valence-electron chi connectivity index (χ0n) is 14.8. The van der Waals surface area contributed by atoms with Crippen molar-refractivity contribution in [3.8, 4) is 5.75 Å². The fourth-order valence-electron chi connectivity index (χ4n) is 3.46. The maximum Gasteiger partial charge on any atom is 0.278 e. The number of aromatic hydroxyl groups is 1. The van der Waals surface area contributed by atoms with Crippen LogP contribution in [0.2, 0.25) is 0 Å². The highest BCUT2D eigenvalue weighted by atomic mass is 16.5. The molecule has 1 aliphatic rings. The van der Waals surface area contributed by atoms with Gasteiger partial charge in [-0.25, -0.2) is 0 Å². The largest absolute Gasteiger partial charge is 0.507 e. The van der Waals surface area contributed by atoms with Crippen molar-refractivity contribution < 1.29 is 14.4 Å². The zero-order chi connectivity index (χ0) is 18.3. The van der Waals surface area contributed by atoms with Gasteiger partial charge in [0.25, 0.3) is 5.91 Å². The van der Waals surface area contributed by atoms with E-state index in [2.05, 4.69) is 29.2 Å². The number of aromatic nitrogens is 1. The van der Waals surface area contributed by atoms with Gasteiger partial charge in [-0.3, -0.25) is 9.69 Å². The minimum atomic E-state index is -0.323. The molecule has 0 spiro atoms. The van der Waals surface area contributed by atoms with Crippen LogP contribution in [0.15, 0.2) is 40.9 Å². The number of rotatable bonds is 3. The smallest absolute Gasteiger partial charge is 0.278 e. The molecule has 2 heterocycles. The van der Waals surface area contributed by atoms with E-state index in [4.69, 9.17) is 4.52 Å². The van der Waals surface area contributed by atoms with Crippen molar-refractivity contribution in [2.45, 2.75) is 32.9 Å². The fourth-order valence-corrected chi connectivity index (χ4v) is 3.46. The molecule has 1 aromatic heterocycles. The van der Waals surface area contributed by atoms with Crippen LogP contribution in [0, 0.1) is 0 Å². The Bertz CT molecular complexity index is 972. The van der Waals surface area contributed by atoms with Gasteiger partial charge < -0.3 is 14.9 Å². The van der Waals surface area contributed by atoms with E-state index in [0.29, 0.717) is 29.4 Å². The summed E-state index contributed by atoms with van der Waals surface area (Å²) >= 11 is 0. The van der Waals surface area contributed by atoms with Crippen LogP contribution in [-0.2, 0) is 13.0 Å². The molecule has 0 fully saturated rings. The highest BCUT2D eigenvalue weighted by Gasteiger charge is 2.28. The predicted molar refractivity (Wildman–Crippen MR) is 99.3 cm³/mol. The number of phenolic OH excluding ortho intramolecular Hbond substituents is 1. The Labute approximate surface area is 151 Å². The van der Waals surface area contributed by atoms with Gasteiger partial charge in [0.2, 0.25) is 0 Å². The number of benzene rings is 2. The molecular weight excluding hydrogens is 330 g/mol. The molecule has 6 nitrogen and oxygen atoms in total. The van der Waals surface area contributed by atoms with Crippen molar-refractivity contribution in [1.29, 1.82) is 0 Å². The number of carbonyl (C=O) groups is 1. The molecule has 0 radical (unpaired) electrons. The molecule has 1 aliphatic heterocycles. The lowest BCUT2D eigenvalue weighted by atomic mass is 10.0. The van der Waals surface area contributed by atoms with Crippen molar-refractivity contribution >= 4 is 22.4 Å². The Morgan fingerprint density at radius 2 is 2.04 bits per heavy atom. The van der Waals surface area contributed by atoms with Gasteiger partial charge in [-0.2, -0.15) is 0 Å². The summed E-state index contributed by atoms with van der Waals surface area (Å²) in [5.41, 5.74) is 1.73. The quantitative estimate of drug-likeness (QED) is 0.754. The highest BCUT2D eigenvalue weighted by Crippen LogP contribution is 2.32. The van der Waals surface area contributed by atoms with Crippen LogP contribution in [0.5, 0.6) is 5.75 Å². The van der Waals surface area contributed by atoms with Crippen LogP contribution < -0.4 is 5.32 Å². The summed E-state index contributed by atoms with van der Waals surface area (Å²) < 4.78 is 5.40. The number of carbonyl (C=O) groups excluding carboxylic acids is 1. The molecule has 0 unspecified atom stereocenters. The zero-order valence-corrected chi connectivity index (χ0v) is 14.8. The van der Waals surface area contributed by atoms with Gasteiger partial charge in [0, 0.05) is 36.5 Å². The lowest BCUT2D eigenvalue weighted by molar-refractivity contribution is 0.101. The molecule has 0 atom stereocenters. The molecule has 1 amide bonds. The Balaban J connectivity index is 1.66. The number of hydrogen-bond acceptors (Lipinski definition) is 5. The Morgan fingerprint density at radius 1 is 1.27 bits per heavy atom. The van der Waals surface area contributed by atoms with Crippen LogP contribution in [0.1, 0.15) is 35.7 Å². The third kappa shape index (κ3) is 2.82. The summed E-state index contributed by atoms with van der Waals surface area (Å²) in [6.45, 7) is 5.83. The van der Waals surface area contributed by atoms with Crippen LogP contribution in [0.4, 0.5) is 5.69 Å². The highest BCUT2D eigenvalue weighted by molar-refractivity contribution is 6.10. The van der Waals surface area contributed by atoms with Crippen LogP contribution in [-0.4, -0.2) is 33.7 Å². The van der Waals surface area contributed by atoms with Gasteiger partial charge >= 0.3 is 0 Å². The summed E-state index contributed by atoms with van der Waals surface area (Å²) in [5.74, 6) is 0.593. The molecule has 0 bridgehead atoms. The topological polar surface area (TPSA) is 78.6 Å². The fraction of sp³-hybridized carbons (Fsp3) is 0.300. The SMILES string of the molecule is CC(C)N1CCc2onc(C(=O)Nc3cccc4cccc(O)c34)c2C1. The summed E-state index contributed by atoms with van der Waals surface area (Å²) in [7, 11) is 0. The van der Waals surface area contributed by atoms with Gasteiger partial charge in [0.1, 0.15) is 11.5 Å². The molecule has 0 saturated carbocycles. The maximum atomic E-state index is 12.8. The van der Waals surface area contributed by atoms with E-state index in [1.807, 2.05) is 18.2 Å². The maximum absolute atomic E-state index is 12.8. The second-order valence-electron chi connectivity index (χ2n) is 6.88. The normalized spacial score (nSPS) is 14.6. The molecule has 134 valence electrons. The Morgan fingerprint density at radius 3 is 2.81 bits per heavy atom. The van der Waals surface area contributed by atoms with Crippen molar-refractivity contribution in [3.05, 3.63) is 53.4 Å². The van der Waals surface area contributed by atoms with E-state index in [9.17, 15) is 9.90 Å². The summed E-state index contributed by atoms with van der Waals surface area (Å²) in [4.78, 5) is 15.1. The third-order valence-electron chi connectivity index (χ3n) is 4.93. The number of hydrogen-bond donors (Lipinski definition) is 2. The van der Waals surface area contributed by atoms with Crippen molar-refractivity contribution in [1.82, 2.24) is 10.1 Å². The van der Waals surface area contributed by atoms with Gasteiger partial charge in [-0.15, -0.1) is 0 Å². The van der Waals surface area contributed by atoms with E-state index in [-0.39, 0.29) is 11.7 Å². The number of nitrogens with one attached hydrogen (secondary N) is 1. The standard InChI is InChI=1S/C20H21N3O3/c1-12(2)23-10-9-17-14(11-23)19(22-26-17)20(25)21-15-7-3-5-13-6-4-8-16(24)18(13)15/h3-8,12,24H,9-11H2,1-2H3,(H,21,25). The molecule has 6 heteroatoms. The first-order valence-corrected chi connectivity index (χ1v) is 8.78. The number of phenols is 1. The van der Waals surface area contributed by atoms with E-state index in [1.54, 1.807) is 18.2 Å². The van der Waals surface area contributed by atoms with Crippen molar-refractivity contribution in [2.75, 3.05) is 11.9 Å². The van der Waals surface area contributed by atoms with E-state index >= 15 is 0 Å². The molecule has 0 saturated heterocycles. The van der Waals surface area contributed by atoms with Crippen molar-refractivity contribution in [3.63, 3.8) is 0 Å². The van der Waals surface area contributed by atoms with Crippen LogP contribution >= 0.6 is 0 Å². The monoisotopic (exact) mass is 351 g/mol. The van der Waals surface area contributed by atoms with Crippen molar-refractivity contribution in [2.24, 2.45) is 0 Å². The number of fused-ring (bicyclic) bond motifs is 2. The average molecular weight is 351 g/mol. The van der Waals surface area contributed by atoms with Gasteiger partial charge in [-0.1, -0.05) is 29.4 Å². The molecule has 3 aromatic rings. The summed E-state index contributed by atoms with van der Waals surface area (Å²) in [6, 6.07) is 11.2. The second kappa shape index (κ2) is 6.46. The van der Waals surface area contributed by atoms with E-state index in [1.165, 1.54) is 0 Å². The predicted octanol–water partition coefficient (Wildman–Crippen LogP) is 3.55. The third-order valence-corrected chi connectivity index (χ3v) is 4.93. The lowest BCUT2D eigenvalue weighted by Crippen LogP contribution is -2.36. The first-order valence-electron chi connectivity index (χ1n) is 8.78. The number of anilines is 1. The second-order valence-corrected chi connectivity index (χ2v) is 6.88. The van der Waals surface area contributed by atoms with Crippen LogP contribution in [0.25, 0.3) is 10.8 Å². The molecule has 2 N–H and O–H groups in total.